The van der Waals surface area contributed by atoms with Gasteiger partial charge in [-0.25, -0.2) is 9.97 Å². The molecule has 33 heavy (non-hydrogen) atoms. The number of nitrogens with one attached hydrogen (secondary N) is 3. The average Bonchev–Trinajstić information content (AvgIpc) is 2.67. The number of likely N-dealkylation sites (N-methyl/N-ethyl adjacent to an activating group) is 1. The molecule has 2 aliphatic rings. The molecule has 1 aliphatic heterocycles. The fourth-order valence-corrected chi connectivity index (χ4v) is 4.18. The number of amides is 1. The molecule has 1 amide bonds. The highest BCUT2D eigenvalue weighted by Gasteiger charge is 2.36. The number of alkyl halides is 3. The van der Waals surface area contributed by atoms with Crippen LogP contribution in [-0.4, -0.2) is 52.4 Å². The van der Waals surface area contributed by atoms with Crippen molar-refractivity contribution < 1.29 is 22.7 Å². The van der Waals surface area contributed by atoms with E-state index in [0.717, 1.165) is 19.0 Å². The minimum atomic E-state index is -4.74. The number of hydrogen-bond acceptors (Lipinski definition) is 8. The number of aryl methyl sites for hydroxylation is 1. The molecule has 0 saturated heterocycles. The molecular formula is C21H26F3N7O2. The molecule has 2 aromatic heterocycles. The fourth-order valence-electron chi connectivity index (χ4n) is 4.18. The summed E-state index contributed by atoms with van der Waals surface area (Å²) in [6.07, 6.45) is -2.17. The Morgan fingerprint density at radius 2 is 1.88 bits per heavy atom. The molecule has 1 atom stereocenters. The maximum absolute atomic E-state index is 12.5. The summed E-state index contributed by atoms with van der Waals surface area (Å²) < 4.78 is 40.6. The lowest BCUT2D eigenvalue weighted by Gasteiger charge is -2.38. The fraction of sp³-hybridized carbons (Fsp3) is 0.524. The molecule has 0 bridgehead atoms. The maximum atomic E-state index is 12.5. The summed E-state index contributed by atoms with van der Waals surface area (Å²) in [6.45, 7) is 5.82. The van der Waals surface area contributed by atoms with Crippen LogP contribution in [0.25, 0.3) is 0 Å². The molecule has 1 saturated carbocycles. The standard InChI is InChI=1S/C21H26F3N7O2/c1-10(2)17-19(32)29-16-11(3)26-20(30-18(16)31(17)4)28-13-7-12(8-13)27-15-6-5-14(9-25-15)33-21(22,23)24/h5-6,9-10,12-13,17H,7-8H2,1-4H3,(H,25,27)(H,29,32)(H,26,28,30). The van der Waals surface area contributed by atoms with Crippen molar-refractivity contribution in [2.75, 3.05) is 27.9 Å². The quantitative estimate of drug-likeness (QED) is 0.595. The van der Waals surface area contributed by atoms with E-state index in [1.807, 2.05) is 32.7 Å². The summed E-state index contributed by atoms with van der Waals surface area (Å²) >= 11 is 0. The van der Waals surface area contributed by atoms with Crippen LogP contribution < -0.4 is 25.6 Å². The molecule has 1 unspecified atom stereocenters. The number of fused-ring (bicyclic) bond motifs is 1. The normalized spacial score (nSPS) is 22.4. The summed E-state index contributed by atoms with van der Waals surface area (Å²) in [5.41, 5.74) is 1.31. The Hall–Kier alpha value is -3.31. The highest BCUT2D eigenvalue weighted by Crippen LogP contribution is 2.35. The van der Waals surface area contributed by atoms with Gasteiger partial charge in [0.05, 0.1) is 11.9 Å². The van der Waals surface area contributed by atoms with Gasteiger partial charge in [-0.15, -0.1) is 13.2 Å². The molecule has 0 aromatic carbocycles. The number of ether oxygens (including phenoxy) is 1. The van der Waals surface area contributed by atoms with Crippen molar-refractivity contribution in [3.05, 3.63) is 24.0 Å². The molecule has 4 rings (SSSR count). The molecule has 3 heterocycles. The molecule has 9 nitrogen and oxygen atoms in total. The zero-order valence-corrected chi connectivity index (χ0v) is 18.7. The van der Waals surface area contributed by atoms with E-state index in [-0.39, 0.29) is 35.7 Å². The Morgan fingerprint density at radius 3 is 2.48 bits per heavy atom. The van der Waals surface area contributed by atoms with Gasteiger partial charge in [0.2, 0.25) is 11.9 Å². The van der Waals surface area contributed by atoms with Crippen molar-refractivity contribution in [2.45, 2.75) is 58.1 Å². The van der Waals surface area contributed by atoms with Crippen LogP contribution in [0.4, 0.5) is 36.4 Å². The Bertz CT molecular complexity index is 1020. The number of carbonyl (C=O) groups excluding carboxylic acids is 1. The molecule has 0 radical (unpaired) electrons. The molecule has 12 heteroatoms. The van der Waals surface area contributed by atoms with Gasteiger partial charge < -0.3 is 25.6 Å². The van der Waals surface area contributed by atoms with Crippen LogP contribution in [-0.2, 0) is 4.79 Å². The van der Waals surface area contributed by atoms with Gasteiger partial charge in [0.15, 0.2) is 5.82 Å². The van der Waals surface area contributed by atoms with Crippen molar-refractivity contribution in [2.24, 2.45) is 5.92 Å². The lowest BCUT2D eigenvalue weighted by Crippen LogP contribution is -2.50. The monoisotopic (exact) mass is 465 g/mol. The number of pyridine rings is 1. The van der Waals surface area contributed by atoms with Crippen molar-refractivity contribution in [1.29, 1.82) is 0 Å². The van der Waals surface area contributed by atoms with Crippen molar-refractivity contribution >= 4 is 29.2 Å². The average molecular weight is 465 g/mol. The number of hydrogen-bond donors (Lipinski definition) is 3. The largest absolute Gasteiger partial charge is 0.573 e. The van der Waals surface area contributed by atoms with E-state index in [4.69, 9.17) is 0 Å². The minimum absolute atomic E-state index is 0.0630. The molecule has 0 spiro atoms. The van der Waals surface area contributed by atoms with E-state index in [0.29, 0.717) is 29.0 Å². The zero-order valence-electron chi connectivity index (χ0n) is 18.7. The van der Waals surface area contributed by atoms with Crippen LogP contribution in [0.5, 0.6) is 5.75 Å². The lowest BCUT2D eigenvalue weighted by atomic mass is 9.87. The van der Waals surface area contributed by atoms with E-state index < -0.39 is 6.36 Å². The van der Waals surface area contributed by atoms with Crippen LogP contribution >= 0.6 is 0 Å². The van der Waals surface area contributed by atoms with E-state index >= 15 is 0 Å². The first-order valence-corrected chi connectivity index (χ1v) is 10.7. The van der Waals surface area contributed by atoms with Gasteiger partial charge in [0.25, 0.3) is 0 Å². The predicted octanol–water partition coefficient (Wildman–Crippen LogP) is 3.55. The second-order valence-electron chi connectivity index (χ2n) is 8.70. The first-order valence-electron chi connectivity index (χ1n) is 10.7. The van der Waals surface area contributed by atoms with Crippen LogP contribution in [0.15, 0.2) is 18.3 Å². The number of carbonyl (C=O) groups is 1. The second-order valence-corrected chi connectivity index (χ2v) is 8.70. The molecule has 178 valence electrons. The van der Waals surface area contributed by atoms with Gasteiger partial charge in [-0.2, -0.15) is 4.98 Å². The predicted molar refractivity (Wildman–Crippen MR) is 117 cm³/mol. The third-order valence-corrected chi connectivity index (χ3v) is 5.76. The highest BCUT2D eigenvalue weighted by atomic mass is 19.4. The van der Waals surface area contributed by atoms with Gasteiger partial charge in [-0.1, -0.05) is 13.8 Å². The second kappa shape index (κ2) is 8.56. The molecule has 3 N–H and O–H groups in total. The van der Waals surface area contributed by atoms with E-state index in [1.165, 1.54) is 12.1 Å². The zero-order chi connectivity index (χ0) is 23.9. The molecule has 1 fully saturated rings. The topological polar surface area (TPSA) is 104 Å². The van der Waals surface area contributed by atoms with Crippen molar-refractivity contribution in [3.8, 4) is 5.75 Å². The third kappa shape index (κ3) is 5.04. The summed E-state index contributed by atoms with van der Waals surface area (Å²) in [6, 6.07) is 2.62. The van der Waals surface area contributed by atoms with Gasteiger partial charge in [-0.05, 0) is 37.8 Å². The van der Waals surface area contributed by atoms with Crippen molar-refractivity contribution in [1.82, 2.24) is 15.0 Å². The van der Waals surface area contributed by atoms with Crippen LogP contribution in [0, 0.1) is 12.8 Å². The number of nitrogens with zero attached hydrogens (tertiary/aromatic N) is 4. The number of anilines is 4. The third-order valence-electron chi connectivity index (χ3n) is 5.76. The first-order chi connectivity index (χ1) is 15.5. The van der Waals surface area contributed by atoms with Crippen LogP contribution in [0.1, 0.15) is 32.4 Å². The Labute approximate surface area is 189 Å². The van der Waals surface area contributed by atoms with Gasteiger partial charge in [-0.3, -0.25) is 4.79 Å². The Morgan fingerprint density at radius 1 is 1.18 bits per heavy atom. The van der Waals surface area contributed by atoms with Gasteiger partial charge >= 0.3 is 6.36 Å². The molecular weight excluding hydrogens is 439 g/mol. The lowest BCUT2D eigenvalue weighted by molar-refractivity contribution is -0.274. The summed E-state index contributed by atoms with van der Waals surface area (Å²) in [4.78, 5) is 27.4. The van der Waals surface area contributed by atoms with Crippen LogP contribution in [0.3, 0.4) is 0 Å². The van der Waals surface area contributed by atoms with E-state index in [2.05, 4.69) is 35.6 Å². The highest BCUT2D eigenvalue weighted by molar-refractivity contribution is 6.03. The van der Waals surface area contributed by atoms with Crippen molar-refractivity contribution in [3.63, 3.8) is 0 Å². The van der Waals surface area contributed by atoms with E-state index in [1.54, 1.807) is 0 Å². The molecule has 1 aliphatic carbocycles. The van der Waals surface area contributed by atoms with E-state index in [9.17, 15) is 18.0 Å². The number of aromatic nitrogens is 3. The van der Waals surface area contributed by atoms with Gasteiger partial charge in [0.1, 0.15) is 23.3 Å². The van der Waals surface area contributed by atoms with Crippen LogP contribution in [0.2, 0.25) is 0 Å². The summed E-state index contributed by atoms with van der Waals surface area (Å²) in [5.74, 6) is 1.35. The summed E-state index contributed by atoms with van der Waals surface area (Å²) in [5, 5.41) is 9.45. The number of halogens is 3. The first kappa shape index (κ1) is 22.9. The molecule has 2 aromatic rings. The maximum Gasteiger partial charge on any atom is 0.573 e. The van der Waals surface area contributed by atoms with Gasteiger partial charge in [0, 0.05) is 19.1 Å². The Kier molecular flexibility index (Phi) is 5.93. The SMILES string of the molecule is Cc1nc(NC2CC(Nc3ccc(OC(F)(F)F)cn3)C2)nc2c1NC(=O)C(C(C)C)N2C. The minimum Gasteiger partial charge on any atom is -0.404 e. The number of rotatable bonds is 6. The summed E-state index contributed by atoms with van der Waals surface area (Å²) in [7, 11) is 1.86. The smallest absolute Gasteiger partial charge is 0.404 e. The Balaban J connectivity index is 1.35.